The predicted octanol–water partition coefficient (Wildman–Crippen LogP) is 1.97. The number of hydrogen-bond donors (Lipinski definition) is 0. The van der Waals surface area contributed by atoms with Crippen LogP contribution in [0.15, 0.2) is 30.4 Å². The molecule has 0 N–H and O–H groups in total. The zero-order chi connectivity index (χ0) is 15.1. The molecule has 0 aromatic heterocycles. The molecule has 1 aromatic rings. The molecule has 2 amide bonds. The van der Waals surface area contributed by atoms with E-state index in [1.807, 2.05) is 0 Å². The second kappa shape index (κ2) is 4.84. The summed E-state index contributed by atoms with van der Waals surface area (Å²) in [4.78, 5) is 38.3. The Morgan fingerprint density at radius 1 is 1.24 bits per heavy atom. The van der Waals surface area contributed by atoms with Crippen molar-refractivity contribution >= 4 is 17.6 Å². The van der Waals surface area contributed by atoms with Crippen LogP contribution < -0.4 is 4.74 Å². The van der Waals surface area contributed by atoms with Crippen LogP contribution in [0.4, 0.5) is 0 Å². The van der Waals surface area contributed by atoms with Gasteiger partial charge in [0.1, 0.15) is 5.75 Å². The first-order valence-electron chi connectivity index (χ1n) is 6.79. The van der Waals surface area contributed by atoms with Gasteiger partial charge in [-0.15, -0.1) is 0 Å². The van der Waals surface area contributed by atoms with Gasteiger partial charge in [-0.2, -0.15) is 0 Å². The maximum absolute atomic E-state index is 12.6. The normalized spacial score (nSPS) is 21.8. The van der Waals surface area contributed by atoms with Crippen molar-refractivity contribution < 1.29 is 19.1 Å². The third-order valence-electron chi connectivity index (χ3n) is 4.01. The largest absolute Gasteiger partial charge is 0.496 e. The molecule has 0 radical (unpaired) electrons. The fourth-order valence-electron chi connectivity index (χ4n) is 2.95. The number of imide groups is 1. The van der Waals surface area contributed by atoms with Crippen LogP contribution in [0.25, 0.3) is 0 Å². The lowest BCUT2D eigenvalue weighted by Gasteiger charge is -2.29. The van der Waals surface area contributed by atoms with Crippen LogP contribution in [0.2, 0.25) is 0 Å². The standard InChI is InChI=1S/C16H15NO4/c1-9-6-7-11(12(18)8-9)17-15(19)10-4-3-5-13(21-2)14(10)16(17)20/h3-5,11H,1,6-8H2,2H3. The topological polar surface area (TPSA) is 63.7 Å². The average molecular weight is 285 g/mol. The van der Waals surface area contributed by atoms with Crippen molar-refractivity contribution in [2.45, 2.75) is 25.3 Å². The maximum Gasteiger partial charge on any atom is 0.266 e. The van der Waals surface area contributed by atoms with E-state index in [1.165, 1.54) is 7.11 Å². The molecule has 1 fully saturated rings. The number of ketones is 1. The van der Waals surface area contributed by atoms with Crippen molar-refractivity contribution in [1.82, 2.24) is 4.90 Å². The lowest BCUT2D eigenvalue weighted by Crippen LogP contribution is -2.46. The van der Waals surface area contributed by atoms with Gasteiger partial charge in [-0.25, -0.2) is 0 Å². The number of rotatable bonds is 2. The van der Waals surface area contributed by atoms with Crippen molar-refractivity contribution in [1.29, 1.82) is 0 Å². The zero-order valence-electron chi connectivity index (χ0n) is 11.7. The van der Waals surface area contributed by atoms with Crippen molar-refractivity contribution in [3.63, 3.8) is 0 Å². The fraction of sp³-hybridized carbons (Fsp3) is 0.312. The molecule has 2 aliphatic rings. The summed E-state index contributed by atoms with van der Waals surface area (Å²) in [6.45, 7) is 3.80. The number of Topliss-reactive ketones (excluding diaryl/α,β-unsaturated/α-hetero) is 1. The molecule has 1 heterocycles. The van der Waals surface area contributed by atoms with Crippen molar-refractivity contribution in [3.05, 3.63) is 41.5 Å². The summed E-state index contributed by atoms with van der Waals surface area (Å²) in [5.74, 6) is -0.626. The van der Waals surface area contributed by atoms with Crippen LogP contribution >= 0.6 is 0 Å². The summed E-state index contributed by atoms with van der Waals surface area (Å²) >= 11 is 0. The van der Waals surface area contributed by atoms with Crippen LogP contribution in [0.3, 0.4) is 0 Å². The quantitative estimate of drug-likeness (QED) is 0.615. The zero-order valence-corrected chi connectivity index (χ0v) is 11.7. The molecule has 5 heteroatoms. The number of methoxy groups -OCH3 is 1. The second-order valence-corrected chi connectivity index (χ2v) is 5.31. The summed E-state index contributed by atoms with van der Waals surface area (Å²) in [6, 6.07) is 4.20. The molecule has 0 bridgehead atoms. The number of fused-ring (bicyclic) bond motifs is 1. The number of amides is 2. The molecule has 0 spiro atoms. The average Bonchev–Trinajstić information content (AvgIpc) is 2.72. The first-order chi connectivity index (χ1) is 10.0. The highest BCUT2D eigenvalue weighted by Crippen LogP contribution is 2.34. The number of allylic oxidation sites excluding steroid dienone is 1. The Bertz CT molecular complexity index is 677. The Hall–Kier alpha value is -2.43. The van der Waals surface area contributed by atoms with Gasteiger partial charge in [-0.1, -0.05) is 18.2 Å². The van der Waals surface area contributed by atoms with Crippen LogP contribution in [0.5, 0.6) is 5.75 Å². The highest BCUT2D eigenvalue weighted by atomic mass is 16.5. The van der Waals surface area contributed by atoms with Crippen molar-refractivity contribution in [3.8, 4) is 5.75 Å². The fourth-order valence-corrected chi connectivity index (χ4v) is 2.95. The van der Waals surface area contributed by atoms with Crippen LogP contribution in [0.1, 0.15) is 40.0 Å². The van der Waals surface area contributed by atoms with Crippen LogP contribution in [-0.4, -0.2) is 35.6 Å². The first kappa shape index (κ1) is 13.5. The van der Waals surface area contributed by atoms with Gasteiger partial charge in [0.05, 0.1) is 24.3 Å². The number of carbonyl (C=O) groups is 3. The molecule has 3 rings (SSSR count). The van der Waals surface area contributed by atoms with Gasteiger partial charge in [-0.05, 0) is 25.0 Å². The molecule has 21 heavy (non-hydrogen) atoms. The van der Waals surface area contributed by atoms with Gasteiger partial charge in [0.15, 0.2) is 5.78 Å². The van der Waals surface area contributed by atoms with Gasteiger partial charge in [0.2, 0.25) is 0 Å². The number of nitrogens with zero attached hydrogens (tertiary/aromatic N) is 1. The van der Waals surface area contributed by atoms with Gasteiger partial charge >= 0.3 is 0 Å². The minimum Gasteiger partial charge on any atom is -0.496 e. The molecule has 0 saturated heterocycles. The predicted molar refractivity (Wildman–Crippen MR) is 75.3 cm³/mol. The van der Waals surface area contributed by atoms with E-state index in [0.717, 1.165) is 10.5 Å². The SMILES string of the molecule is C=C1CCC(N2C(=O)c3cccc(OC)c3C2=O)C(=O)C1. The van der Waals surface area contributed by atoms with E-state index in [-0.39, 0.29) is 17.8 Å². The van der Waals surface area contributed by atoms with E-state index < -0.39 is 17.9 Å². The number of benzene rings is 1. The number of hydrogen-bond acceptors (Lipinski definition) is 4. The third-order valence-corrected chi connectivity index (χ3v) is 4.01. The molecule has 1 aliphatic heterocycles. The van der Waals surface area contributed by atoms with E-state index >= 15 is 0 Å². The van der Waals surface area contributed by atoms with Gasteiger partial charge in [0.25, 0.3) is 11.8 Å². The molecule has 1 aromatic carbocycles. The summed E-state index contributed by atoms with van der Waals surface area (Å²) in [7, 11) is 1.45. The smallest absolute Gasteiger partial charge is 0.266 e. The van der Waals surface area contributed by atoms with E-state index in [0.29, 0.717) is 24.2 Å². The molecule has 108 valence electrons. The van der Waals surface area contributed by atoms with E-state index in [4.69, 9.17) is 4.74 Å². The summed E-state index contributed by atoms with van der Waals surface area (Å²) in [5.41, 5.74) is 1.41. The Morgan fingerprint density at radius 3 is 2.67 bits per heavy atom. The molecular weight excluding hydrogens is 270 g/mol. The molecule has 5 nitrogen and oxygen atoms in total. The van der Waals surface area contributed by atoms with E-state index in [1.54, 1.807) is 18.2 Å². The minimum atomic E-state index is -0.687. The first-order valence-corrected chi connectivity index (χ1v) is 6.79. The molecular formula is C16H15NO4. The lowest BCUT2D eigenvalue weighted by molar-refractivity contribution is -0.123. The van der Waals surface area contributed by atoms with Crippen molar-refractivity contribution in [2.24, 2.45) is 0 Å². The lowest BCUT2D eigenvalue weighted by atomic mass is 9.89. The summed E-state index contributed by atoms with van der Waals surface area (Å²) in [5, 5.41) is 0. The summed E-state index contributed by atoms with van der Waals surface area (Å²) < 4.78 is 5.16. The van der Waals surface area contributed by atoms with Crippen LogP contribution in [0, 0.1) is 0 Å². The molecule has 1 aliphatic carbocycles. The Kier molecular flexibility index (Phi) is 3.12. The molecule has 1 saturated carbocycles. The molecule has 1 unspecified atom stereocenters. The Labute approximate surface area is 122 Å². The number of ether oxygens (including phenoxy) is 1. The van der Waals surface area contributed by atoms with Gasteiger partial charge < -0.3 is 4.74 Å². The monoisotopic (exact) mass is 285 g/mol. The highest BCUT2D eigenvalue weighted by Gasteiger charge is 2.44. The van der Waals surface area contributed by atoms with Crippen LogP contribution in [-0.2, 0) is 4.79 Å². The third kappa shape index (κ3) is 1.96. The van der Waals surface area contributed by atoms with E-state index in [9.17, 15) is 14.4 Å². The van der Waals surface area contributed by atoms with E-state index in [2.05, 4.69) is 6.58 Å². The summed E-state index contributed by atoms with van der Waals surface area (Å²) in [6.07, 6.45) is 1.33. The Balaban J connectivity index is 2.00. The maximum atomic E-state index is 12.6. The molecule has 1 atom stereocenters. The Morgan fingerprint density at radius 2 is 2.00 bits per heavy atom. The van der Waals surface area contributed by atoms with Gasteiger partial charge in [0, 0.05) is 6.42 Å². The van der Waals surface area contributed by atoms with Crippen molar-refractivity contribution in [2.75, 3.05) is 7.11 Å². The second-order valence-electron chi connectivity index (χ2n) is 5.31. The minimum absolute atomic E-state index is 0.125. The number of carbonyl (C=O) groups excluding carboxylic acids is 3. The van der Waals surface area contributed by atoms with Gasteiger partial charge in [-0.3, -0.25) is 19.3 Å². The highest BCUT2D eigenvalue weighted by molar-refractivity contribution is 6.24.